The zero-order valence-corrected chi connectivity index (χ0v) is 10.2. The molecule has 0 spiro atoms. The first-order valence-corrected chi connectivity index (χ1v) is 6.16. The molecule has 2 rings (SSSR count). The molecule has 1 fully saturated rings. The number of nitrogens with zero attached hydrogens (tertiary/aromatic N) is 3. The van der Waals surface area contributed by atoms with Gasteiger partial charge in [0.15, 0.2) is 0 Å². The number of hydrogen-bond acceptors (Lipinski definition) is 6. The summed E-state index contributed by atoms with van der Waals surface area (Å²) in [5.41, 5.74) is 0. The van der Waals surface area contributed by atoms with Gasteiger partial charge in [0.1, 0.15) is 5.01 Å². The maximum atomic E-state index is 11.4. The van der Waals surface area contributed by atoms with Crippen molar-refractivity contribution in [2.75, 3.05) is 18.4 Å². The Morgan fingerprint density at radius 1 is 1.47 bits per heavy atom. The predicted octanol–water partition coefficient (Wildman–Crippen LogP) is 0.412. The molecule has 1 aromatic rings. The van der Waals surface area contributed by atoms with Crippen LogP contribution in [0.2, 0.25) is 0 Å². The first-order valence-electron chi connectivity index (χ1n) is 5.35. The molecule has 17 heavy (non-hydrogen) atoms. The van der Waals surface area contributed by atoms with Crippen LogP contribution in [0.1, 0.15) is 18.4 Å². The predicted molar refractivity (Wildman–Crippen MR) is 62.6 cm³/mol. The summed E-state index contributed by atoms with van der Waals surface area (Å²) in [4.78, 5) is 23.8. The lowest BCUT2D eigenvalue weighted by molar-refractivity contribution is -0.125. The summed E-state index contributed by atoms with van der Waals surface area (Å²) in [6, 6.07) is -0.367. The molecule has 8 heteroatoms. The molecule has 1 aliphatic rings. The van der Waals surface area contributed by atoms with Crippen LogP contribution >= 0.6 is 11.3 Å². The molecule has 0 radical (unpaired) electrons. The fraction of sp³-hybridized carbons (Fsp3) is 0.556. The Morgan fingerprint density at radius 3 is 2.94 bits per heavy atom. The summed E-state index contributed by atoms with van der Waals surface area (Å²) in [5.74, 6) is -0.228. The molecule has 0 aromatic carbocycles. The molecule has 2 heterocycles. The van der Waals surface area contributed by atoms with Crippen LogP contribution in [-0.4, -0.2) is 40.1 Å². The Hall–Kier alpha value is -1.70. The van der Waals surface area contributed by atoms with E-state index in [4.69, 9.17) is 0 Å². The van der Waals surface area contributed by atoms with Crippen molar-refractivity contribution < 1.29 is 9.59 Å². The summed E-state index contributed by atoms with van der Waals surface area (Å²) in [5, 5.41) is 14.8. The zero-order chi connectivity index (χ0) is 12.3. The number of hydrogen-bond donors (Lipinski definition) is 2. The van der Waals surface area contributed by atoms with Crippen molar-refractivity contribution in [1.29, 1.82) is 0 Å². The summed E-state index contributed by atoms with van der Waals surface area (Å²) >= 11 is 1.36. The second-order valence-corrected chi connectivity index (χ2v) is 4.63. The molecule has 3 amide bonds. The smallest absolute Gasteiger partial charge is 0.324 e. The molecule has 1 saturated heterocycles. The number of aromatic nitrogens is 2. The summed E-state index contributed by atoms with van der Waals surface area (Å²) in [6.45, 7) is 3.15. The Morgan fingerprint density at radius 2 is 2.29 bits per heavy atom. The highest BCUT2D eigenvalue weighted by molar-refractivity contribution is 7.15. The van der Waals surface area contributed by atoms with Crippen LogP contribution in [0.3, 0.4) is 0 Å². The molecule has 2 N–H and O–H groups in total. The first-order chi connectivity index (χ1) is 8.20. The molecule has 0 atom stereocenters. The molecule has 7 nitrogen and oxygen atoms in total. The van der Waals surface area contributed by atoms with Gasteiger partial charge in [-0.05, 0) is 6.42 Å². The third-order valence-corrected chi connectivity index (χ3v) is 3.09. The number of anilines is 1. The van der Waals surface area contributed by atoms with Crippen LogP contribution in [0.25, 0.3) is 0 Å². The molecule has 0 unspecified atom stereocenters. The van der Waals surface area contributed by atoms with E-state index in [0.29, 0.717) is 10.1 Å². The minimum Gasteiger partial charge on any atom is -0.360 e. The van der Waals surface area contributed by atoms with E-state index >= 15 is 0 Å². The van der Waals surface area contributed by atoms with Gasteiger partial charge in [0.2, 0.25) is 11.0 Å². The average Bonchev–Trinajstić information content (AvgIpc) is 2.88. The third-order valence-electron chi connectivity index (χ3n) is 2.22. The van der Waals surface area contributed by atoms with Crippen molar-refractivity contribution >= 4 is 28.4 Å². The van der Waals surface area contributed by atoms with E-state index < -0.39 is 0 Å². The van der Waals surface area contributed by atoms with E-state index in [0.717, 1.165) is 17.9 Å². The van der Waals surface area contributed by atoms with Gasteiger partial charge >= 0.3 is 6.03 Å². The molecule has 1 aromatic heterocycles. The number of imide groups is 1. The maximum Gasteiger partial charge on any atom is 0.324 e. The van der Waals surface area contributed by atoms with Gasteiger partial charge in [0.05, 0.1) is 13.1 Å². The Bertz CT molecular complexity index is 417. The number of rotatable bonds is 5. The van der Waals surface area contributed by atoms with Crippen LogP contribution in [0.5, 0.6) is 0 Å². The van der Waals surface area contributed by atoms with Gasteiger partial charge < -0.3 is 10.6 Å². The van der Waals surface area contributed by atoms with Gasteiger partial charge in [-0.3, -0.25) is 9.69 Å². The van der Waals surface area contributed by atoms with Crippen molar-refractivity contribution in [3.05, 3.63) is 5.01 Å². The van der Waals surface area contributed by atoms with E-state index in [9.17, 15) is 9.59 Å². The van der Waals surface area contributed by atoms with Crippen molar-refractivity contribution in [3.8, 4) is 0 Å². The number of nitrogens with one attached hydrogen (secondary N) is 2. The Labute approximate surface area is 102 Å². The average molecular weight is 255 g/mol. The minimum atomic E-state index is -0.367. The van der Waals surface area contributed by atoms with E-state index in [2.05, 4.69) is 27.8 Å². The zero-order valence-electron chi connectivity index (χ0n) is 9.39. The lowest BCUT2D eigenvalue weighted by Crippen LogP contribution is -2.30. The first kappa shape index (κ1) is 11.8. The fourth-order valence-corrected chi connectivity index (χ4v) is 2.13. The number of urea groups is 1. The Kier molecular flexibility index (Phi) is 3.52. The van der Waals surface area contributed by atoms with Crippen molar-refractivity contribution in [3.63, 3.8) is 0 Å². The third kappa shape index (κ3) is 2.70. The molecular weight excluding hydrogens is 242 g/mol. The monoisotopic (exact) mass is 255 g/mol. The highest BCUT2D eigenvalue weighted by Gasteiger charge is 2.29. The van der Waals surface area contributed by atoms with Gasteiger partial charge in [-0.2, -0.15) is 0 Å². The standard InChI is InChI=1S/C9H13N5O2S/c1-2-3-10-8-13-12-6(17-8)5-14-7(15)4-11-9(14)16/h2-5H2,1H3,(H,10,13)(H,11,16). The largest absolute Gasteiger partial charge is 0.360 e. The SMILES string of the molecule is CCCNc1nnc(CN2C(=O)CNC2=O)s1. The highest BCUT2D eigenvalue weighted by Crippen LogP contribution is 2.17. The lowest BCUT2D eigenvalue weighted by Gasteiger charge is -2.08. The molecule has 0 aliphatic carbocycles. The molecular formula is C9H13N5O2S. The van der Waals surface area contributed by atoms with E-state index in [-0.39, 0.29) is 25.0 Å². The van der Waals surface area contributed by atoms with Crippen LogP contribution in [0.4, 0.5) is 9.93 Å². The summed E-state index contributed by atoms with van der Waals surface area (Å²) in [7, 11) is 0. The number of carbonyl (C=O) groups is 2. The van der Waals surface area contributed by atoms with Crippen LogP contribution in [0.15, 0.2) is 0 Å². The van der Waals surface area contributed by atoms with Crippen LogP contribution in [0, 0.1) is 0 Å². The molecule has 0 bridgehead atoms. The normalized spacial score (nSPS) is 15.2. The van der Waals surface area contributed by atoms with E-state index in [1.807, 2.05) is 0 Å². The highest BCUT2D eigenvalue weighted by atomic mass is 32.1. The number of amides is 3. The summed E-state index contributed by atoms with van der Waals surface area (Å²) < 4.78 is 0. The maximum absolute atomic E-state index is 11.4. The van der Waals surface area contributed by atoms with Gasteiger partial charge in [0.25, 0.3) is 0 Å². The van der Waals surface area contributed by atoms with Gasteiger partial charge in [-0.25, -0.2) is 4.79 Å². The fourth-order valence-electron chi connectivity index (χ4n) is 1.37. The Balaban J connectivity index is 1.96. The number of carbonyl (C=O) groups excluding carboxylic acids is 2. The van der Waals surface area contributed by atoms with Crippen molar-refractivity contribution in [2.45, 2.75) is 19.9 Å². The second kappa shape index (κ2) is 5.09. The summed E-state index contributed by atoms with van der Waals surface area (Å²) in [6.07, 6.45) is 1.00. The van der Waals surface area contributed by atoms with Gasteiger partial charge in [-0.1, -0.05) is 18.3 Å². The second-order valence-electron chi connectivity index (χ2n) is 3.57. The van der Waals surface area contributed by atoms with Crippen LogP contribution < -0.4 is 10.6 Å². The quantitative estimate of drug-likeness (QED) is 0.744. The van der Waals surface area contributed by atoms with E-state index in [1.165, 1.54) is 11.3 Å². The topological polar surface area (TPSA) is 87.2 Å². The van der Waals surface area contributed by atoms with Crippen LogP contribution in [-0.2, 0) is 11.3 Å². The van der Waals surface area contributed by atoms with E-state index in [1.54, 1.807) is 0 Å². The molecule has 0 saturated carbocycles. The van der Waals surface area contributed by atoms with Crippen molar-refractivity contribution in [1.82, 2.24) is 20.4 Å². The van der Waals surface area contributed by atoms with Crippen molar-refractivity contribution in [2.24, 2.45) is 0 Å². The molecule has 1 aliphatic heterocycles. The minimum absolute atomic E-state index is 0.0680. The lowest BCUT2D eigenvalue weighted by atomic mass is 10.5. The molecule has 92 valence electrons. The van der Waals surface area contributed by atoms with Gasteiger partial charge in [0, 0.05) is 6.54 Å². The van der Waals surface area contributed by atoms with Gasteiger partial charge in [-0.15, -0.1) is 10.2 Å².